The van der Waals surface area contributed by atoms with E-state index in [0.717, 1.165) is 25.0 Å². The number of hydrogen-bond acceptors (Lipinski definition) is 5. The molecule has 1 aliphatic heterocycles. The molecule has 1 aromatic heterocycles. The summed E-state index contributed by atoms with van der Waals surface area (Å²) in [6.45, 7) is 4.93. The summed E-state index contributed by atoms with van der Waals surface area (Å²) in [5.74, 6) is 1.43. The first-order valence-electron chi connectivity index (χ1n) is 6.83. The van der Waals surface area contributed by atoms with Gasteiger partial charge in [0.25, 0.3) is 0 Å². The van der Waals surface area contributed by atoms with Crippen molar-refractivity contribution in [3.63, 3.8) is 0 Å². The topological polar surface area (TPSA) is 45.4 Å². The van der Waals surface area contributed by atoms with Crippen LogP contribution in [0.5, 0.6) is 0 Å². The molecule has 102 valence electrons. The largest absolute Gasteiger partial charge is 0.340 e. The highest BCUT2D eigenvalue weighted by Crippen LogP contribution is 2.18. The first kappa shape index (κ1) is 13.5. The van der Waals surface area contributed by atoms with Gasteiger partial charge in [0.05, 0.1) is 6.54 Å². The van der Waals surface area contributed by atoms with Crippen molar-refractivity contribution in [2.24, 2.45) is 0 Å². The Hall–Kier alpha value is -0.940. The number of aromatic nitrogens is 2. The van der Waals surface area contributed by atoms with E-state index < -0.39 is 0 Å². The average Bonchev–Trinajstić information content (AvgIpc) is 2.74. The molecule has 18 heavy (non-hydrogen) atoms. The molecule has 5 nitrogen and oxygen atoms in total. The molecule has 1 fully saturated rings. The van der Waals surface area contributed by atoms with Gasteiger partial charge >= 0.3 is 0 Å². The number of hydrogen-bond donors (Lipinski definition) is 0. The van der Waals surface area contributed by atoms with E-state index in [2.05, 4.69) is 34.0 Å². The summed E-state index contributed by atoms with van der Waals surface area (Å²) in [7, 11) is 4.36. The lowest BCUT2D eigenvalue weighted by Crippen LogP contribution is -2.38. The van der Waals surface area contributed by atoms with Gasteiger partial charge < -0.3 is 9.42 Å². The lowest BCUT2D eigenvalue weighted by atomic mass is 10.00. The highest BCUT2D eigenvalue weighted by atomic mass is 16.5. The number of likely N-dealkylation sites (tertiary alicyclic amines) is 1. The number of aryl methyl sites for hydroxylation is 1. The van der Waals surface area contributed by atoms with Crippen LogP contribution in [0.25, 0.3) is 0 Å². The maximum atomic E-state index is 4.98. The molecule has 2 rings (SSSR count). The minimum Gasteiger partial charge on any atom is -0.340 e. The Kier molecular flexibility index (Phi) is 4.72. The molecule has 1 atom stereocenters. The smallest absolute Gasteiger partial charge is 0.223 e. The van der Waals surface area contributed by atoms with Gasteiger partial charge in [-0.05, 0) is 46.4 Å². The van der Waals surface area contributed by atoms with E-state index >= 15 is 0 Å². The molecule has 0 radical (unpaired) electrons. The van der Waals surface area contributed by atoms with Gasteiger partial charge in [-0.1, -0.05) is 11.6 Å². The Morgan fingerprint density at radius 2 is 2.28 bits per heavy atom. The Bertz CT molecular complexity index is 366. The predicted octanol–water partition coefficient (Wildman–Crippen LogP) is 1.68. The van der Waals surface area contributed by atoms with Crippen LogP contribution in [0.4, 0.5) is 0 Å². The molecule has 1 aromatic rings. The van der Waals surface area contributed by atoms with Gasteiger partial charge in [-0.2, -0.15) is 4.98 Å². The van der Waals surface area contributed by atoms with Crippen molar-refractivity contribution in [1.82, 2.24) is 19.9 Å². The Balaban J connectivity index is 1.72. The van der Waals surface area contributed by atoms with Gasteiger partial charge in [0.15, 0.2) is 5.82 Å². The molecule has 1 aliphatic rings. The van der Waals surface area contributed by atoms with Gasteiger partial charge in [0, 0.05) is 13.0 Å². The van der Waals surface area contributed by atoms with Gasteiger partial charge in [0.1, 0.15) is 0 Å². The Morgan fingerprint density at radius 3 is 2.94 bits per heavy atom. The average molecular weight is 252 g/mol. The van der Waals surface area contributed by atoms with Crippen LogP contribution in [0.3, 0.4) is 0 Å². The molecule has 0 bridgehead atoms. The monoisotopic (exact) mass is 252 g/mol. The SMILES string of the molecule is Cc1nc(CN(C)CC[C@@H]2CCCCN2C)no1. The Morgan fingerprint density at radius 1 is 1.44 bits per heavy atom. The van der Waals surface area contributed by atoms with Crippen LogP contribution in [0, 0.1) is 6.92 Å². The zero-order valence-corrected chi connectivity index (χ0v) is 11.7. The fourth-order valence-corrected chi connectivity index (χ4v) is 2.60. The molecule has 5 heteroatoms. The van der Waals surface area contributed by atoms with E-state index in [0.29, 0.717) is 5.89 Å². The maximum Gasteiger partial charge on any atom is 0.223 e. The van der Waals surface area contributed by atoms with Crippen molar-refractivity contribution >= 4 is 0 Å². The van der Waals surface area contributed by atoms with Crippen LogP contribution in [0.1, 0.15) is 37.4 Å². The summed E-state index contributed by atoms with van der Waals surface area (Å²) in [6.07, 6.45) is 5.29. The summed E-state index contributed by atoms with van der Waals surface area (Å²) >= 11 is 0. The van der Waals surface area contributed by atoms with Gasteiger partial charge in [0.2, 0.25) is 5.89 Å². The highest BCUT2D eigenvalue weighted by Gasteiger charge is 2.19. The highest BCUT2D eigenvalue weighted by molar-refractivity contribution is 4.83. The lowest BCUT2D eigenvalue weighted by Gasteiger charge is -2.33. The first-order chi connectivity index (χ1) is 8.65. The second-order valence-electron chi connectivity index (χ2n) is 5.39. The van der Waals surface area contributed by atoms with Crippen molar-refractivity contribution < 1.29 is 4.52 Å². The van der Waals surface area contributed by atoms with Crippen LogP contribution in [0.2, 0.25) is 0 Å². The molecule has 0 unspecified atom stereocenters. The zero-order valence-electron chi connectivity index (χ0n) is 11.7. The molecule has 0 aromatic carbocycles. The molecule has 1 saturated heterocycles. The van der Waals surface area contributed by atoms with Crippen molar-refractivity contribution in [1.29, 1.82) is 0 Å². The Labute approximate surface area is 109 Å². The third-order valence-corrected chi connectivity index (χ3v) is 3.75. The molecular formula is C13H24N4O. The van der Waals surface area contributed by atoms with Crippen molar-refractivity contribution in [3.8, 4) is 0 Å². The van der Waals surface area contributed by atoms with Crippen LogP contribution in [-0.4, -0.2) is 53.2 Å². The normalized spacial score (nSPS) is 21.7. The lowest BCUT2D eigenvalue weighted by molar-refractivity contribution is 0.158. The van der Waals surface area contributed by atoms with Gasteiger partial charge in [-0.3, -0.25) is 4.90 Å². The second kappa shape index (κ2) is 6.29. The summed E-state index contributed by atoms with van der Waals surface area (Å²) in [5.41, 5.74) is 0. The van der Waals surface area contributed by atoms with Gasteiger partial charge in [-0.15, -0.1) is 0 Å². The summed E-state index contributed by atoms with van der Waals surface area (Å²) < 4.78 is 4.98. The molecule has 0 amide bonds. The summed E-state index contributed by atoms with van der Waals surface area (Å²) in [4.78, 5) is 9.00. The fraction of sp³-hybridized carbons (Fsp3) is 0.846. The fourth-order valence-electron chi connectivity index (χ4n) is 2.60. The van der Waals surface area contributed by atoms with Crippen LogP contribution in [-0.2, 0) is 6.54 Å². The molecule has 2 heterocycles. The number of piperidine rings is 1. The first-order valence-corrected chi connectivity index (χ1v) is 6.83. The molecule has 0 N–H and O–H groups in total. The molecular weight excluding hydrogens is 228 g/mol. The standard InChI is InChI=1S/C13H24N4O/c1-11-14-13(15-18-11)10-16(2)9-7-12-6-4-5-8-17(12)3/h12H,4-10H2,1-3H3/t12-/m0/s1. The maximum absolute atomic E-state index is 4.98. The van der Waals surface area contributed by atoms with E-state index in [1.165, 1.54) is 32.2 Å². The van der Waals surface area contributed by atoms with Gasteiger partial charge in [-0.25, -0.2) is 0 Å². The van der Waals surface area contributed by atoms with Crippen LogP contribution >= 0.6 is 0 Å². The van der Waals surface area contributed by atoms with E-state index in [-0.39, 0.29) is 0 Å². The third-order valence-electron chi connectivity index (χ3n) is 3.75. The van der Waals surface area contributed by atoms with Crippen molar-refractivity contribution in [2.45, 2.75) is 45.2 Å². The van der Waals surface area contributed by atoms with Crippen LogP contribution < -0.4 is 0 Å². The van der Waals surface area contributed by atoms with E-state index in [9.17, 15) is 0 Å². The minimum atomic E-state index is 0.644. The van der Waals surface area contributed by atoms with Crippen molar-refractivity contribution in [2.75, 3.05) is 27.2 Å². The quantitative estimate of drug-likeness (QED) is 0.798. The molecule has 0 aliphatic carbocycles. The number of nitrogens with zero attached hydrogens (tertiary/aromatic N) is 4. The molecule has 0 saturated carbocycles. The van der Waals surface area contributed by atoms with E-state index in [1.807, 2.05) is 6.92 Å². The third kappa shape index (κ3) is 3.78. The zero-order chi connectivity index (χ0) is 13.0. The summed E-state index contributed by atoms with van der Waals surface area (Å²) in [6, 6.07) is 0.744. The predicted molar refractivity (Wildman–Crippen MR) is 70.3 cm³/mol. The second-order valence-corrected chi connectivity index (χ2v) is 5.39. The van der Waals surface area contributed by atoms with E-state index in [1.54, 1.807) is 0 Å². The van der Waals surface area contributed by atoms with Crippen molar-refractivity contribution in [3.05, 3.63) is 11.7 Å². The number of rotatable bonds is 5. The molecule has 0 spiro atoms. The van der Waals surface area contributed by atoms with Crippen LogP contribution in [0.15, 0.2) is 4.52 Å². The minimum absolute atomic E-state index is 0.644. The summed E-state index contributed by atoms with van der Waals surface area (Å²) in [5, 5.41) is 3.93. The van der Waals surface area contributed by atoms with E-state index in [4.69, 9.17) is 4.52 Å².